The molecule has 4 rings (SSSR count). The number of fused-ring (bicyclic) bond motifs is 1. The van der Waals surface area contributed by atoms with Crippen molar-refractivity contribution in [3.63, 3.8) is 0 Å². The van der Waals surface area contributed by atoms with E-state index in [1.54, 1.807) is 36.4 Å². The molecule has 5 atom stereocenters. The molecule has 35 heavy (non-hydrogen) atoms. The number of ether oxygens (including phenoxy) is 2. The molecule has 188 valence electrons. The molecule has 3 aromatic rings. The molecule has 13 heteroatoms. The van der Waals surface area contributed by atoms with Gasteiger partial charge in [-0.3, -0.25) is 13.9 Å². The molecule has 1 aliphatic rings. The summed E-state index contributed by atoms with van der Waals surface area (Å²) in [6.07, 6.45) is -1.75. The average Bonchev–Trinajstić information content (AvgIpc) is 3.40. The highest BCUT2D eigenvalue weighted by molar-refractivity contribution is 7.57. The fraction of sp³-hybridized carbons (Fsp3) is 0.409. The van der Waals surface area contributed by atoms with Crippen molar-refractivity contribution in [3.05, 3.63) is 58.8 Å². The van der Waals surface area contributed by atoms with Crippen LogP contribution in [0.15, 0.2) is 51.8 Å². The normalized spacial score (nSPS) is 22.6. The van der Waals surface area contributed by atoms with Gasteiger partial charge in [0, 0.05) is 12.6 Å². The first-order valence-electron chi connectivity index (χ1n) is 10.9. The number of aromatic nitrogens is 2. The lowest BCUT2D eigenvalue weighted by Gasteiger charge is -2.26. The van der Waals surface area contributed by atoms with Crippen molar-refractivity contribution in [3.8, 4) is 5.75 Å². The van der Waals surface area contributed by atoms with Crippen LogP contribution in [-0.2, 0) is 25.4 Å². The van der Waals surface area contributed by atoms with E-state index in [1.807, 2.05) is 0 Å². The van der Waals surface area contributed by atoms with Crippen LogP contribution in [0.25, 0.3) is 11.1 Å². The second-order valence-electron chi connectivity index (χ2n) is 8.13. The molecule has 0 saturated carbocycles. The summed E-state index contributed by atoms with van der Waals surface area (Å²) in [5.41, 5.74) is -0.595. The Balaban J connectivity index is 1.56. The van der Waals surface area contributed by atoms with Crippen molar-refractivity contribution in [1.29, 1.82) is 0 Å². The summed E-state index contributed by atoms with van der Waals surface area (Å²) in [5, 5.41) is 23.1. The van der Waals surface area contributed by atoms with Gasteiger partial charge >= 0.3 is 19.2 Å². The lowest BCUT2D eigenvalue weighted by Crippen LogP contribution is -2.37. The summed E-state index contributed by atoms with van der Waals surface area (Å²) < 4.78 is 36.6. The molecule has 1 aliphatic heterocycles. The van der Waals surface area contributed by atoms with Crippen LogP contribution in [0.2, 0.25) is 0 Å². The van der Waals surface area contributed by atoms with Gasteiger partial charge in [-0.25, -0.2) is 9.88 Å². The lowest BCUT2D eigenvalue weighted by atomic mass is 10.2. The molecule has 0 radical (unpaired) electrons. The second-order valence-corrected chi connectivity index (χ2v) is 10.3. The lowest BCUT2D eigenvalue weighted by molar-refractivity contribution is -0.142. The van der Waals surface area contributed by atoms with Crippen molar-refractivity contribution in [2.45, 2.75) is 44.4 Å². The van der Waals surface area contributed by atoms with E-state index in [1.165, 1.54) is 24.8 Å². The van der Waals surface area contributed by atoms with Crippen LogP contribution < -0.4 is 15.3 Å². The number of hydrogen-bond acceptors (Lipinski definition) is 10. The highest BCUT2D eigenvalue weighted by atomic mass is 31.2. The minimum absolute atomic E-state index is 0.0281. The molecule has 0 spiro atoms. The number of carbonyl (C=O) groups is 1. The van der Waals surface area contributed by atoms with Gasteiger partial charge in [0.15, 0.2) is 0 Å². The fourth-order valence-electron chi connectivity index (χ4n) is 3.84. The van der Waals surface area contributed by atoms with Gasteiger partial charge in [-0.05, 0) is 25.1 Å². The molecular weight excluding hydrogens is 481 g/mol. The van der Waals surface area contributed by atoms with Gasteiger partial charge < -0.3 is 28.6 Å². The van der Waals surface area contributed by atoms with E-state index in [0.717, 1.165) is 0 Å². The minimum atomic E-state index is -3.80. The third-order valence-corrected chi connectivity index (χ3v) is 7.65. The standard InChI is InChI=1S/C22H26N3O9P/c1-13(21(28)31-2)24-35(30,34-15-6-4-3-5-7-15)12-18-17(27)9-19(33-18)25-10-14-8-16(11-26)32-20(14)23-22(25)29/h3-8,10,13,17-19,26-27H,9,11-12H2,1-2H3,(H,24,30)/t13-,17-,18-,19-,35?/m1/s1. The maximum absolute atomic E-state index is 13.8. The Kier molecular flexibility index (Phi) is 7.39. The molecule has 1 saturated heterocycles. The maximum atomic E-state index is 13.8. The topological polar surface area (TPSA) is 162 Å². The Morgan fingerprint density at radius 3 is 2.80 bits per heavy atom. The van der Waals surface area contributed by atoms with Crippen molar-refractivity contribution in [2.24, 2.45) is 0 Å². The summed E-state index contributed by atoms with van der Waals surface area (Å²) in [6.45, 7) is 1.13. The predicted molar refractivity (Wildman–Crippen MR) is 123 cm³/mol. The van der Waals surface area contributed by atoms with Crippen LogP contribution in [0.4, 0.5) is 0 Å². The highest BCUT2D eigenvalue weighted by Crippen LogP contribution is 2.47. The van der Waals surface area contributed by atoms with Crippen molar-refractivity contribution >= 4 is 24.6 Å². The van der Waals surface area contributed by atoms with E-state index >= 15 is 0 Å². The molecule has 1 fully saturated rings. The Hall–Kier alpha value is -3.02. The number of aliphatic hydroxyl groups excluding tert-OH is 2. The zero-order valence-electron chi connectivity index (χ0n) is 19.1. The third kappa shape index (κ3) is 5.63. The van der Waals surface area contributed by atoms with Gasteiger partial charge in [-0.15, -0.1) is 0 Å². The molecule has 0 aliphatic carbocycles. The number of esters is 1. The van der Waals surface area contributed by atoms with Crippen LogP contribution in [0.3, 0.4) is 0 Å². The number of benzene rings is 1. The van der Waals surface area contributed by atoms with E-state index < -0.39 is 43.7 Å². The fourth-order valence-corrected chi connectivity index (χ4v) is 6.03. The molecule has 0 bridgehead atoms. The molecule has 3 heterocycles. The van der Waals surface area contributed by atoms with Gasteiger partial charge in [0.25, 0.3) is 0 Å². The monoisotopic (exact) mass is 507 g/mol. The molecule has 3 N–H and O–H groups in total. The van der Waals surface area contributed by atoms with Gasteiger partial charge in [0.1, 0.15) is 30.4 Å². The number of nitrogens with one attached hydrogen (secondary N) is 1. The Morgan fingerprint density at radius 1 is 1.37 bits per heavy atom. The van der Waals surface area contributed by atoms with E-state index in [4.69, 9.17) is 18.4 Å². The Bertz CT molecular complexity index is 1290. The molecule has 12 nitrogen and oxygen atoms in total. The number of rotatable bonds is 9. The number of para-hydroxylation sites is 1. The molecule has 0 amide bonds. The van der Waals surface area contributed by atoms with Crippen molar-refractivity contribution in [2.75, 3.05) is 13.3 Å². The SMILES string of the molecule is COC(=O)[C@@H](C)NP(=O)(C[C@H]1O[C@@H](n2cc3cc(CO)oc3nc2=O)C[C@H]1O)Oc1ccccc1. The molecule has 2 aromatic heterocycles. The number of nitrogens with zero attached hydrogens (tertiary/aromatic N) is 2. The van der Waals surface area contributed by atoms with Crippen molar-refractivity contribution < 1.29 is 38.0 Å². The smallest absolute Gasteiger partial charge is 0.353 e. The van der Waals surface area contributed by atoms with Crippen molar-refractivity contribution in [1.82, 2.24) is 14.6 Å². The van der Waals surface area contributed by atoms with Crippen LogP contribution in [-0.4, -0.2) is 57.3 Å². The molecule has 1 unspecified atom stereocenters. The minimum Gasteiger partial charge on any atom is -0.468 e. The summed E-state index contributed by atoms with van der Waals surface area (Å²) in [5.74, 6) is -0.0874. The predicted octanol–water partition coefficient (Wildman–Crippen LogP) is 1.55. The quantitative estimate of drug-likeness (QED) is 0.284. The maximum Gasteiger partial charge on any atom is 0.353 e. The second kappa shape index (κ2) is 10.3. The number of hydrogen-bond donors (Lipinski definition) is 3. The first-order chi connectivity index (χ1) is 16.7. The number of carbonyl (C=O) groups excluding carboxylic acids is 1. The highest BCUT2D eigenvalue weighted by Gasteiger charge is 2.42. The van der Waals surface area contributed by atoms with Crippen LogP contribution >= 0.6 is 7.52 Å². The first-order valence-corrected chi connectivity index (χ1v) is 12.7. The van der Waals surface area contributed by atoms with Crippen LogP contribution in [0.5, 0.6) is 5.75 Å². The van der Waals surface area contributed by atoms with E-state index in [0.29, 0.717) is 11.1 Å². The summed E-state index contributed by atoms with van der Waals surface area (Å²) >= 11 is 0. The number of methoxy groups -OCH3 is 1. The summed E-state index contributed by atoms with van der Waals surface area (Å²) in [7, 11) is -2.59. The summed E-state index contributed by atoms with van der Waals surface area (Å²) in [4.78, 5) is 28.3. The van der Waals surface area contributed by atoms with E-state index in [-0.39, 0.29) is 30.7 Å². The van der Waals surface area contributed by atoms with Gasteiger partial charge in [-0.2, -0.15) is 4.98 Å². The third-order valence-electron chi connectivity index (χ3n) is 5.52. The zero-order chi connectivity index (χ0) is 25.2. The summed E-state index contributed by atoms with van der Waals surface area (Å²) in [6, 6.07) is 8.97. The van der Waals surface area contributed by atoms with E-state index in [2.05, 4.69) is 10.1 Å². The molecule has 1 aromatic carbocycles. The average molecular weight is 507 g/mol. The first kappa shape index (κ1) is 25.1. The van der Waals surface area contributed by atoms with Crippen LogP contribution in [0, 0.1) is 0 Å². The van der Waals surface area contributed by atoms with Crippen LogP contribution in [0.1, 0.15) is 25.3 Å². The van der Waals surface area contributed by atoms with Gasteiger partial charge in [-0.1, -0.05) is 18.2 Å². The number of aliphatic hydroxyl groups is 2. The van der Waals surface area contributed by atoms with Gasteiger partial charge in [0.2, 0.25) is 5.71 Å². The Labute approximate surface area is 199 Å². The zero-order valence-corrected chi connectivity index (χ0v) is 20.0. The van der Waals surface area contributed by atoms with E-state index in [9.17, 15) is 24.4 Å². The van der Waals surface area contributed by atoms with Gasteiger partial charge in [0.05, 0.1) is 30.9 Å². The number of furan rings is 1. The largest absolute Gasteiger partial charge is 0.468 e. The Morgan fingerprint density at radius 2 is 2.11 bits per heavy atom. The molecular formula is C22H26N3O9P.